The zero-order valence-electron chi connectivity index (χ0n) is 11.0. The standard InChI is InChI=1S/C14H20N2OS/c1-10-5-6-12(8-11(10)2)16-14(18)15-9-13-4-3-7-17-13/h5-6,8,13H,3-4,7,9H2,1-2H3,(H2,15,16,18)/t13-/m1/s1. The summed E-state index contributed by atoms with van der Waals surface area (Å²) in [5.74, 6) is 0. The summed E-state index contributed by atoms with van der Waals surface area (Å²) in [7, 11) is 0. The van der Waals surface area contributed by atoms with Crippen molar-refractivity contribution in [2.24, 2.45) is 0 Å². The molecule has 2 rings (SSSR count). The van der Waals surface area contributed by atoms with Crippen molar-refractivity contribution in [2.45, 2.75) is 32.8 Å². The van der Waals surface area contributed by atoms with E-state index < -0.39 is 0 Å². The van der Waals surface area contributed by atoms with Gasteiger partial charge in [-0.1, -0.05) is 6.07 Å². The van der Waals surface area contributed by atoms with Gasteiger partial charge in [0.25, 0.3) is 0 Å². The predicted octanol–water partition coefficient (Wildman–Crippen LogP) is 2.77. The Bertz CT molecular complexity index is 428. The Morgan fingerprint density at radius 3 is 2.89 bits per heavy atom. The van der Waals surface area contributed by atoms with E-state index in [0.29, 0.717) is 11.2 Å². The highest BCUT2D eigenvalue weighted by Crippen LogP contribution is 2.14. The highest BCUT2D eigenvalue weighted by atomic mass is 32.1. The van der Waals surface area contributed by atoms with Crippen LogP contribution in [0.2, 0.25) is 0 Å². The summed E-state index contributed by atoms with van der Waals surface area (Å²) in [5.41, 5.74) is 3.59. The monoisotopic (exact) mass is 264 g/mol. The van der Waals surface area contributed by atoms with Crippen molar-refractivity contribution in [2.75, 3.05) is 18.5 Å². The van der Waals surface area contributed by atoms with E-state index in [2.05, 4.69) is 36.6 Å². The molecule has 0 radical (unpaired) electrons. The molecule has 1 fully saturated rings. The molecule has 1 atom stereocenters. The van der Waals surface area contributed by atoms with Crippen LogP contribution < -0.4 is 10.6 Å². The van der Waals surface area contributed by atoms with Gasteiger partial charge < -0.3 is 15.4 Å². The van der Waals surface area contributed by atoms with Gasteiger partial charge in [-0.05, 0) is 62.2 Å². The van der Waals surface area contributed by atoms with Crippen LogP contribution in [0.5, 0.6) is 0 Å². The number of benzene rings is 1. The van der Waals surface area contributed by atoms with Crippen molar-refractivity contribution >= 4 is 23.0 Å². The van der Waals surface area contributed by atoms with Gasteiger partial charge in [-0.15, -0.1) is 0 Å². The average Bonchev–Trinajstić information content (AvgIpc) is 2.84. The van der Waals surface area contributed by atoms with Crippen molar-refractivity contribution in [1.29, 1.82) is 0 Å². The highest BCUT2D eigenvalue weighted by Gasteiger charge is 2.15. The van der Waals surface area contributed by atoms with Crippen LogP contribution in [0.1, 0.15) is 24.0 Å². The summed E-state index contributed by atoms with van der Waals surface area (Å²) in [4.78, 5) is 0. The van der Waals surface area contributed by atoms with Crippen molar-refractivity contribution in [3.63, 3.8) is 0 Å². The van der Waals surface area contributed by atoms with Gasteiger partial charge in [-0.2, -0.15) is 0 Å². The molecule has 0 bridgehead atoms. The fourth-order valence-electron chi connectivity index (χ4n) is 2.01. The second-order valence-electron chi connectivity index (χ2n) is 4.77. The van der Waals surface area contributed by atoms with Gasteiger partial charge in [0.1, 0.15) is 0 Å². The number of ether oxygens (including phenoxy) is 1. The number of hydrogen-bond acceptors (Lipinski definition) is 2. The average molecular weight is 264 g/mol. The first-order valence-electron chi connectivity index (χ1n) is 6.39. The van der Waals surface area contributed by atoms with Gasteiger partial charge in [-0.25, -0.2) is 0 Å². The normalized spacial score (nSPS) is 18.7. The summed E-state index contributed by atoms with van der Waals surface area (Å²) < 4.78 is 5.54. The van der Waals surface area contributed by atoms with Crippen LogP contribution in [0.3, 0.4) is 0 Å². The van der Waals surface area contributed by atoms with Crippen molar-refractivity contribution in [1.82, 2.24) is 5.32 Å². The first-order valence-corrected chi connectivity index (χ1v) is 6.79. The van der Waals surface area contributed by atoms with E-state index in [0.717, 1.165) is 31.7 Å². The Morgan fingerprint density at radius 1 is 1.39 bits per heavy atom. The Kier molecular flexibility index (Phi) is 4.55. The van der Waals surface area contributed by atoms with Crippen LogP contribution in [0, 0.1) is 13.8 Å². The maximum Gasteiger partial charge on any atom is 0.170 e. The van der Waals surface area contributed by atoms with E-state index in [9.17, 15) is 0 Å². The largest absolute Gasteiger partial charge is 0.376 e. The highest BCUT2D eigenvalue weighted by molar-refractivity contribution is 7.80. The lowest BCUT2D eigenvalue weighted by Crippen LogP contribution is -2.34. The van der Waals surface area contributed by atoms with E-state index in [-0.39, 0.29) is 0 Å². The molecular formula is C14H20N2OS. The molecule has 4 heteroatoms. The molecule has 1 aliphatic heterocycles. The minimum atomic E-state index is 0.310. The molecule has 1 aromatic rings. The van der Waals surface area contributed by atoms with Gasteiger partial charge in [0.15, 0.2) is 5.11 Å². The van der Waals surface area contributed by atoms with Crippen LogP contribution in [0.4, 0.5) is 5.69 Å². The minimum absolute atomic E-state index is 0.310. The molecule has 1 aromatic carbocycles. The second kappa shape index (κ2) is 6.16. The van der Waals surface area contributed by atoms with Gasteiger partial charge >= 0.3 is 0 Å². The van der Waals surface area contributed by atoms with Gasteiger partial charge in [0.05, 0.1) is 6.10 Å². The van der Waals surface area contributed by atoms with Gasteiger partial charge in [-0.3, -0.25) is 0 Å². The van der Waals surface area contributed by atoms with Crippen LogP contribution in [-0.4, -0.2) is 24.4 Å². The summed E-state index contributed by atoms with van der Waals surface area (Å²) >= 11 is 5.27. The maximum absolute atomic E-state index is 5.54. The fourth-order valence-corrected chi connectivity index (χ4v) is 2.21. The summed E-state index contributed by atoms with van der Waals surface area (Å²) in [5, 5.41) is 7.06. The first-order chi connectivity index (χ1) is 8.65. The van der Waals surface area contributed by atoms with E-state index >= 15 is 0 Å². The second-order valence-corrected chi connectivity index (χ2v) is 5.18. The topological polar surface area (TPSA) is 33.3 Å². The predicted molar refractivity (Wildman–Crippen MR) is 79.1 cm³/mol. The van der Waals surface area contributed by atoms with Crippen LogP contribution in [-0.2, 0) is 4.74 Å². The molecule has 1 saturated heterocycles. The molecule has 0 spiro atoms. The number of rotatable bonds is 3. The number of hydrogen-bond donors (Lipinski definition) is 2. The molecule has 3 nitrogen and oxygen atoms in total. The van der Waals surface area contributed by atoms with Crippen LogP contribution >= 0.6 is 12.2 Å². The lowest BCUT2D eigenvalue weighted by atomic mass is 10.1. The van der Waals surface area contributed by atoms with Crippen LogP contribution in [0.15, 0.2) is 18.2 Å². The zero-order chi connectivity index (χ0) is 13.0. The van der Waals surface area contributed by atoms with E-state index in [1.807, 2.05) is 6.07 Å². The van der Waals surface area contributed by atoms with Crippen molar-refractivity contribution in [3.05, 3.63) is 29.3 Å². The Hall–Kier alpha value is -1.13. The quantitative estimate of drug-likeness (QED) is 0.823. The van der Waals surface area contributed by atoms with E-state index in [4.69, 9.17) is 17.0 Å². The van der Waals surface area contributed by atoms with Gasteiger partial charge in [0.2, 0.25) is 0 Å². The Morgan fingerprint density at radius 2 is 2.22 bits per heavy atom. The van der Waals surface area contributed by atoms with Crippen molar-refractivity contribution in [3.8, 4) is 0 Å². The molecule has 18 heavy (non-hydrogen) atoms. The van der Waals surface area contributed by atoms with Gasteiger partial charge in [0, 0.05) is 18.8 Å². The third kappa shape index (κ3) is 3.68. The molecule has 0 unspecified atom stereocenters. The van der Waals surface area contributed by atoms with Crippen molar-refractivity contribution < 1.29 is 4.74 Å². The molecule has 0 aromatic heterocycles. The summed E-state index contributed by atoms with van der Waals surface area (Å²) in [6, 6.07) is 6.25. The first kappa shape index (κ1) is 13.3. The van der Waals surface area contributed by atoms with E-state index in [1.54, 1.807) is 0 Å². The molecule has 1 heterocycles. The van der Waals surface area contributed by atoms with E-state index in [1.165, 1.54) is 11.1 Å². The zero-order valence-corrected chi connectivity index (χ0v) is 11.8. The third-order valence-electron chi connectivity index (χ3n) is 3.28. The summed E-state index contributed by atoms with van der Waals surface area (Å²) in [6.07, 6.45) is 2.59. The SMILES string of the molecule is Cc1ccc(NC(=S)NC[C@H]2CCCO2)cc1C. The Labute approximate surface area is 114 Å². The van der Waals surface area contributed by atoms with Crippen LogP contribution in [0.25, 0.3) is 0 Å². The number of anilines is 1. The minimum Gasteiger partial charge on any atom is -0.376 e. The molecule has 1 aliphatic rings. The fraction of sp³-hybridized carbons (Fsp3) is 0.500. The molecule has 0 aliphatic carbocycles. The molecule has 0 amide bonds. The maximum atomic E-state index is 5.54. The summed E-state index contributed by atoms with van der Waals surface area (Å²) in [6.45, 7) is 5.87. The number of thiocarbonyl (C=S) groups is 1. The lowest BCUT2D eigenvalue weighted by molar-refractivity contribution is 0.114. The third-order valence-corrected chi connectivity index (χ3v) is 3.53. The number of aryl methyl sites for hydroxylation is 2. The molecular weight excluding hydrogens is 244 g/mol. The lowest BCUT2D eigenvalue weighted by Gasteiger charge is -2.14. The smallest absolute Gasteiger partial charge is 0.170 e. The number of nitrogens with one attached hydrogen (secondary N) is 2. The Balaban J connectivity index is 1.80. The molecule has 0 saturated carbocycles. The molecule has 98 valence electrons. The molecule has 2 N–H and O–H groups in total.